The normalized spacial score (nSPS) is 11.6. The fourth-order valence-corrected chi connectivity index (χ4v) is 2.63. The third-order valence-corrected chi connectivity index (χ3v) is 4.75. The van der Waals surface area contributed by atoms with Gasteiger partial charge in [-0.25, -0.2) is 9.48 Å². The lowest BCUT2D eigenvalue weighted by atomic mass is 9.92. The van der Waals surface area contributed by atoms with E-state index in [-0.39, 0.29) is 0 Å². The standard InChI is InChI=1S/C14H17BrN4O2/c1-4-14(5-2,13(20)21)19-12(16-17-18-19)10-6-7-11(15)9(3)8-10/h6-8H,4-5H2,1-3H3,(H,20,21). The minimum absolute atomic E-state index is 0.409. The van der Waals surface area contributed by atoms with Gasteiger partial charge in [0.15, 0.2) is 11.4 Å². The minimum atomic E-state index is -1.13. The summed E-state index contributed by atoms with van der Waals surface area (Å²) in [5.74, 6) is -0.452. The van der Waals surface area contributed by atoms with Gasteiger partial charge in [-0.05, 0) is 54.0 Å². The topological polar surface area (TPSA) is 80.9 Å². The highest BCUT2D eigenvalue weighted by Crippen LogP contribution is 2.30. The second kappa shape index (κ2) is 5.93. The minimum Gasteiger partial charge on any atom is -0.479 e. The van der Waals surface area contributed by atoms with E-state index < -0.39 is 11.5 Å². The Labute approximate surface area is 131 Å². The first-order valence-corrected chi connectivity index (χ1v) is 7.54. The van der Waals surface area contributed by atoms with Crippen molar-refractivity contribution in [2.24, 2.45) is 0 Å². The van der Waals surface area contributed by atoms with Crippen molar-refractivity contribution in [2.75, 3.05) is 0 Å². The Hall–Kier alpha value is -1.76. The van der Waals surface area contributed by atoms with Crippen LogP contribution in [0.1, 0.15) is 32.3 Å². The molecule has 0 bridgehead atoms. The zero-order valence-corrected chi connectivity index (χ0v) is 13.8. The van der Waals surface area contributed by atoms with Crippen LogP contribution in [0.15, 0.2) is 22.7 Å². The van der Waals surface area contributed by atoms with Gasteiger partial charge in [-0.15, -0.1) is 5.10 Å². The molecule has 0 saturated heterocycles. The molecular formula is C14H17BrN4O2. The van der Waals surface area contributed by atoms with Gasteiger partial charge in [0.1, 0.15) is 0 Å². The molecule has 2 rings (SSSR count). The number of carboxylic acid groups (broad SMARTS) is 1. The highest BCUT2D eigenvalue weighted by molar-refractivity contribution is 9.10. The van der Waals surface area contributed by atoms with Crippen LogP contribution in [0.4, 0.5) is 0 Å². The van der Waals surface area contributed by atoms with Crippen LogP contribution >= 0.6 is 15.9 Å². The number of hydrogen-bond acceptors (Lipinski definition) is 4. The number of carbonyl (C=O) groups is 1. The molecule has 21 heavy (non-hydrogen) atoms. The summed E-state index contributed by atoms with van der Waals surface area (Å²) >= 11 is 3.45. The number of hydrogen-bond donors (Lipinski definition) is 1. The van der Waals surface area contributed by atoms with E-state index in [0.717, 1.165) is 15.6 Å². The van der Waals surface area contributed by atoms with Crippen LogP contribution in [0, 0.1) is 6.92 Å². The molecule has 0 unspecified atom stereocenters. The van der Waals surface area contributed by atoms with Gasteiger partial charge < -0.3 is 5.11 Å². The Balaban J connectivity index is 2.61. The third-order valence-electron chi connectivity index (χ3n) is 3.86. The Kier molecular flexibility index (Phi) is 4.41. The highest BCUT2D eigenvalue weighted by atomic mass is 79.9. The number of halogens is 1. The zero-order chi connectivity index (χ0) is 15.6. The zero-order valence-electron chi connectivity index (χ0n) is 12.2. The molecular weight excluding hydrogens is 336 g/mol. The largest absolute Gasteiger partial charge is 0.479 e. The Morgan fingerprint density at radius 2 is 2.05 bits per heavy atom. The van der Waals surface area contributed by atoms with Gasteiger partial charge in [-0.1, -0.05) is 29.8 Å². The number of aliphatic carboxylic acids is 1. The van der Waals surface area contributed by atoms with Crippen LogP contribution in [0.2, 0.25) is 0 Å². The van der Waals surface area contributed by atoms with E-state index in [9.17, 15) is 9.90 Å². The van der Waals surface area contributed by atoms with E-state index in [4.69, 9.17) is 0 Å². The number of rotatable bonds is 5. The lowest BCUT2D eigenvalue weighted by molar-refractivity contribution is -0.148. The van der Waals surface area contributed by atoms with Gasteiger partial charge in [-0.3, -0.25) is 0 Å². The van der Waals surface area contributed by atoms with Crippen LogP contribution in [0.25, 0.3) is 11.4 Å². The molecule has 0 aliphatic carbocycles. The van der Waals surface area contributed by atoms with Gasteiger partial charge >= 0.3 is 5.97 Å². The summed E-state index contributed by atoms with van der Waals surface area (Å²) in [4.78, 5) is 11.8. The van der Waals surface area contributed by atoms with Gasteiger partial charge in [0.25, 0.3) is 0 Å². The molecule has 112 valence electrons. The summed E-state index contributed by atoms with van der Waals surface area (Å²) < 4.78 is 2.42. The predicted molar refractivity (Wildman–Crippen MR) is 81.9 cm³/mol. The van der Waals surface area contributed by atoms with Crippen LogP contribution in [-0.2, 0) is 10.3 Å². The maximum atomic E-state index is 11.8. The number of aromatic nitrogens is 4. The van der Waals surface area contributed by atoms with Gasteiger partial charge in [0.05, 0.1) is 0 Å². The fraction of sp³-hybridized carbons (Fsp3) is 0.429. The van der Waals surface area contributed by atoms with Crippen molar-refractivity contribution in [1.82, 2.24) is 20.2 Å². The van der Waals surface area contributed by atoms with Crippen molar-refractivity contribution in [3.63, 3.8) is 0 Å². The highest BCUT2D eigenvalue weighted by Gasteiger charge is 2.40. The molecule has 0 radical (unpaired) electrons. The fourth-order valence-electron chi connectivity index (χ4n) is 2.38. The molecule has 6 nitrogen and oxygen atoms in total. The number of tetrazole rings is 1. The average Bonchev–Trinajstić information content (AvgIpc) is 2.93. The molecule has 0 amide bonds. The van der Waals surface area contributed by atoms with Crippen molar-refractivity contribution in [3.8, 4) is 11.4 Å². The Morgan fingerprint density at radius 1 is 1.38 bits per heavy atom. The first-order chi connectivity index (χ1) is 9.96. The Morgan fingerprint density at radius 3 is 2.57 bits per heavy atom. The summed E-state index contributed by atoms with van der Waals surface area (Å²) in [7, 11) is 0. The quantitative estimate of drug-likeness (QED) is 0.894. The summed E-state index contributed by atoms with van der Waals surface area (Å²) in [5, 5.41) is 21.3. The molecule has 2 aromatic rings. The molecule has 0 aliphatic rings. The number of aryl methyl sites for hydroxylation is 1. The molecule has 0 atom stereocenters. The molecule has 1 aromatic carbocycles. The van der Waals surface area contributed by atoms with Crippen LogP contribution in [0.3, 0.4) is 0 Å². The lowest BCUT2D eigenvalue weighted by Crippen LogP contribution is -2.42. The predicted octanol–water partition coefficient (Wildman–Crippen LogP) is 3.01. The summed E-state index contributed by atoms with van der Waals surface area (Å²) in [5.41, 5.74) is 0.712. The maximum absolute atomic E-state index is 11.8. The van der Waals surface area contributed by atoms with Gasteiger partial charge in [0, 0.05) is 10.0 Å². The summed E-state index contributed by atoms with van der Waals surface area (Å²) in [6.07, 6.45) is 0.818. The maximum Gasteiger partial charge on any atom is 0.331 e. The Bertz CT molecular complexity index is 665. The summed E-state index contributed by atoms with van der Waals surface area (Å²) in [6.45, 7) is 5.62. The smallest absolute Gasteiger partial charge is 0.331 e. The third kappa shape index (κ3) is 2.57. The first kappa shape index (κ1) is 15.6. The molecule has 0 fully saturated rings. The van der Waals surface area contributed by atoms with E-state index in [1.54, 1.807) is 0 Å². The molecule has 0 spiro atoms. The second-order valence-electron chi connectivity index (χ2n) is 4.92. The van der Waals surface area contributed by atoms with Crippen LogP contribution in [-0.4, -0.2) is 31.3 Å². The van der Waals surface area contributed by atoms with Crippen molar-refractivity contribution >= 4 is 21.9 Å². The molecule has 0 saturated carbocycles. The van der Waals surface area contributed by atoms with E-state index in [2.05, 4.69) is 31.5 Å². The van der Waals surface area contributed by atoms with Gasteiger partial charge in [0.2, 0.25) is 0 Å². The molecule has 1 N–H and O–H groups in total. The SMILES string of the molecule is CCC(CC)(C(=O)O)n1nnnc1-c1ccc(Br)c(C)c1. The van der Waals surface area contributed by atoms with E-state index in [0.29, 0.717) is 18.7 Å². The van der Waals surface area contributed by atoms with Crippen molar-refractivity contribution in [1.29, 1.82) is 0 Å². The molecule has 1 heterocycles. The van der Waals surface area contributed by atoms with Crippen molar-refractivity contribution in [3.05, 3.63) is 28.2 Å². The monoisotopic (exact) mass is 352 g/mol. The molecule has 7 heteroatoms. The average molecular weight is 353 g/mol. The van der Waals surface area contributed by atoms with Crippen molar-refractivity contribution < 1.29 is 9.90 Å². The van der Waals surface area contributed by atoms with E-state index >= 15 is 0 Å². The number of benzene rings is 1. The van der Waals surface area contributed by atoms with E-state index in [1.807, 2.05) is 39.0 Å². The van der Waals surface area contributed by atoms with Crippen LogP contribution < -0.4 is 0 Å². The summed E-state index contributed by atoms with van der Waals surface area (Å²) in [6, 6.07) is 5.71. The number of nitrogens with zero attached hydrogens (tertiary/aromatic N) is 4. The molecule has 0 aliphatic heterocycles. The first-order valence-electron chi connectivity index (χ1n) is 6.75. The second-order valence-corrected chi connectivity index (χ2v) is 5.78. The van der Waals surface area contributed by atoms with E-state index in [1.165, 1.54) is 4.68 Å². The van der Waals surface area contributed by atoms with Crippen molar-refractivity contribution in [2.45, 2.75) is 39.2 Å². The molecule has 1 aromatic heterocycles. The number of carboxylic acids is 1. The van der Waals surface area contributed by atoms with Crippen LogP contribution in [0.5, 0.6) is 0 Å². The van der Waals surface area contributed by atoms with Gasteiger partial charge in [-0.2, -0.15) is 0 Å². The lowest BCUT2D eigenvalue weighted by Gasteiger charge is -2.27.